The van der Waals surface area contributed by atoms with Crippen molar-refractivity contribution in [2.45, 2.75) is 47.0 Å². The van der Waals surface area contributed by atoms with Gasteiger partial charge in [0.15, 0.2) is 5.84 Å². The van der Waals surface area contributed by atoms with E-state index in [2.05, 4.69) is 98.8 Å². The summed E-state index contributed by atoms with van der Waals surface area (Å²) >= 11 is 0. The van der Waals surface area contributed by atoms with Crippen molar-refractivity contribution in [3.63, 3.8) is 0 Å². The summed E-state index contributed by atoms with van der Waals surface area (Å²) in [4.78, 5) is 10.1. The lowest BCUT2D eigenvalue weighted by Gasteiger charge is -2.14. The molecule has 0 N–H and O–H groups in total. The number of unbranched alkanes of at least 4 members (excludes halogenated alkanes) is 1. The fraction of sp³-hybridized carbons (Fsp3) is 0.137. The molecule has 6 aromatic rings. The van der Waals surface area contributed by atoms with Crippen LogP contribution in [0.1, 0.15) is 80.3 Å². The summed E-state index contributed by atoms with van der Waals surface area (Å²) in [6.07, 6.45) is 7.43. The van der Waals surface area contributed by atoms with Gasteiger partial charge < -0.3 is 0 Å². The first kappa shape index (κ1) is 37.9. The first-order chi connectivity index (χ1) is 26.9. The maximum atomic E-state index is 10.2. The van der Waals surface area contributed by atoms with E-state index in [0.29, 0.717) is 17.0 Å². The number of hydrogen-bond donors (Lipinski definition) is 0. The van der Waals surface area contributed by atoms with Crippen molar-refractivity contribution in [3.05, 3.63) is 191 Å². The number of rotatable bonds is 11. The largest absolute Gasteiger partial charge is 0.233 e. The molecule has 0 radical (unpaired) electrons. The highest BCUT2D eigenvalue weighted by atomic mass is 14.9. The number of aliphatic imine (C=N–C) groups is 2. The maximum Gasteiger partial charge on any atom is 0.160 e. The monoisotopic (exact) mass is 712 g/mol. The Morgan fingerprint density at radius 1 is 0.545 bits per heavy atom. The van der Waals surface area contributed by atoms with Crippen LogP contribution in [0.3, 0.4) is 0 Å². The third kappa shape index (κ3) is 9.38. The highest BCUT2D eigenvalue weighted by Crippen LogP contribution is 2.35. The molecule has 0 aliphatic heterocycles. The summed E-state index contributed by atoms with van der Waals surface area (Å²) in [7, 11) is 0. The summed E-state index contributed by atoms with van der Waals surface area (Å²) in [6.45, 7) is 8.34. The predicted molar refractivity (Wildman–Crippen MR) is 231 cm³/mol. The first-order valence-electron chi connectivity index (χ1n) is 18.9. The molecule has 268 valence electrons. The number of hydrogen-bond acceptors (Lipinski definition) is 3. The van der Waals surface area contributed by atoms with Crippen LogP contribution in [0.4, 0.5) is 0 Å². The second kappa shape index (κ2) is 18.2. The molecule has 0 fully saturated rings. The van der Waals surface area contributed by atoms with Crippen LogP contribution in [0.15, 0.2) is 168 Å². The van der Waals surface area contributed by atoms with Crippen LogP contribution in [-0.4, -0.2) is 11.5 Å². The Morgan fingerprint density at radius 3 is 1.76 bits per heavy atom. The summed E-state index contributed by atoms with van der Waals surface area (Å²) in [5.41, 5.74) is 14.2. The van der Waals surface area contributed by atoms with Crippen molar-refractivity contribution in [2.24, 2.45) is 9.98 Å². The average molecular weight is 713 g/mol. The van der Waals surface area contributed by atoms with Crippen LogP contribution in [0.2, 0.25) is 0 Å². The normalized spacial score (nSPS) is 12.3. The van der Waals surface area contributed by atoms with Gasteiger partial charge in [0.2, 0.25) is 0 Å². The van der Waals surface area contributed by atoms with E-state index in [1.54, 1.807) is 6.07 Å². The van der Waals surface area contributed by atoms with Gasteiger partial charge in [-0.3, -0.25) is 0 Å². The molecule has 0 aliphatic rings. The molecule has 0 aliphatic carbocycles. The molecule has 6 rings (SSSR count). The third-order valence-electron chi connectivity index (χ3n) is 9.57. The Kier molecular flexibility index (Phi) is 12.6. The van der Waals surface area contributed by atoms with Crippen LogP contribution >= 0.6 is 0 Å². The summed E-state index contributed by atoms with van der Waals surface area (Å²) in [5.74, 6) is 0.571. The molecule has 0 amide bonds. The maximum absolute atomic E-state index is 10.2. The van der Waals surface area contributed by atoms with Gasteiger partial charge in [-0.2, -0.15) is 10.5 Å². The van der Waals surface area contributed by atoms with Crippen molar-refractivity contribution in [2.75, 3.05) is 0 Å². The average Bonchev–Trinajstić information content (AvgIpc) is 3.25. The zero-order valence-corrected chi connectivity index (χ0v) is 31.9. The number of amidine groups is 1. The second-order valence-corrected chi connectivity index (χ2v) is 13.4. The Balaban J connectivity index is 1.44. The van der Waals surface area contributed by atoms with Crippen LogP contribution in [-0.2, 0) is 0 Å². The van der Waals surface area contributed by atoms with Crippen molar-refractivity contribution in [1.82, 2.24) is 0 Å². The second-order valence-electron chi connectivity index (χ2n) is 13.4. The molecule has 0 saturated carbocycles. The zero-order valence-electron chi connectivity index (χ0n) is 31.9. The molecule has 0 bridgehead atoms. The molecule has 0 spiro atoms. The molecule has 0 aromatic heterocycles. The van der Waals surface area contributed by atoms with Gasteiger partial charge in [-0.05, 0) is 131 Å². The van der Waals surface area contributed by atoms with Gasteiger partial charge in [0, 0.05) is 16.8 Å². The predicted octanol–water partition coefficient (Wildman–Crippen LogP) is 13.3. The summed E-state index contributed by atoms with van der Waals surface area (Å²) in [5, 5.41) is 19.7. The Labute approximate surface area is 325 Å². The molecule has 0 saturated heterocycles. The van der Waals surface area contributed by atoms with Crippen LogP contribution in [0.5, 0.6) is 0 Å². The molecule has 0 unspecified atom stereocenters. The lowest BCUT2D eigenvalue weighted by molar-refractivity contribution is 0.955. The highest BCUT2D eigenvalue weighted by molar-refractivity contribution is 6.12. The van der Waals surface area contributed by atoms with Gasteiger partial charge in [0.25, 0.3) is 0 Å². The number of benzene rings is 6. The number of nitrogens with zero attached hydrogens (tertiary/aromatic N) is 4. The zero-order chi connectivity index (χ0) is 38.6. The minimum atomic E-state index is 0.571. The summed E-state index contributed by atoms with van der Waals surface area (Å²) < 4.78 is 0. The Morgan fingerprint density at radius 2 is 1.11 bits per heavy atom. The highest BCUT2D eigenvalue weighted by Gasteiger charge is 2.13. The van der Waals surface area contributed by atoms with E-state index >= 15 is 0 Å². The molecule has 4 heteroatoms. The van der Waals surface area contributed by atoms with Crippen molar-refractivity contribution >= 4 is 22.8 Å². The topological polar surface area (TPSA) is 72.3 Å². The van der Waals surface area contributed by atoms with Gasteiger partial charge in [0.1, 0.15) is 0 Å². The molecule has 0 heterocycles. The van der Waals surface area contributed by atoms with Gasteiger partial charge in [-0.15, -0.1) is 0 Å². The third-order valence-corrected chi connectivity index (χ3v) is 9.57. The molecular formula is C51H44N4. The SMILES string of the molecule is C/C=C(/N=C(N=C(C)c1cccc(C#N)c1)c1ccccc1)c1cccc(-c2cc(C#N)cc(-c3cc(/C(=C/CCC)CC)cc(-c4ccccc4)c3)c2)c1. The standard InChI is InChI=1S/C51H44N4/c1-5-8-18-39(6-2)47-31-48(40-19-11-9-12-20-40)33-49(32-47)46-28-38(35-53)27-45(30-46)43-24-16-25-44(29-43)50(7-3)55-51(41-21-13-10-14-22-41)54-36(4)42-23-15-17-37(26-42)34-52/h7,9-33H,5-6,8H2,1-4H3/b39-18+,50-7+,54-36?,55-51?. The van der Waals surface area contributed by atoms with Gasteiger partial charge in [-0.1, -0.05) is 123 Å². The van der Waals surface area contributed by atoms with E-state index in [1.165, 1.54) is 11.1 Å². The molecule has 0 atom stereocenters. The smallest absolute Gasteiger partial charge is 0.160 e. The lowest BCUT2D eigenvalue weighted by atomic mass is 9.90. The fourth-order valence-electron chi connectivity index (χ4n) is 6.63. The van der Waals surface area contributed by atoms with E-state index in [-0.39, 0.29) is 0 Å². The minimum Gasteiger partial charge on any atom is -0.233 e. The van der Waals surface area contributed by atoms with Gasteiger partial charge in [-0.25, -0.2) is 9.98 Å². The molecular weight excluding hydrogens is 669 g/mol. The van der Waals surface area contributed by atoms with Crippen LogP contribution in [0.25, 0.3) is 44.7 Å². The van der Waals surface area contributed by atoms with E-state index in [1.807, 2.05) is 92.7 Å². The van der Waals surface area contributed by atoms with Crippen molar-refractivity contribution < 1.29 is 0 Å². The van der Waals surface area contributed by atoms with Crippen LogP contribution < -0.4 is 0 Å². The molecule has 4 nitrogen and oxygen atoms in total. The molecule has 55 heavy (non-hydrogen) atoms. The van der Waals surface area contributed by atoms with E-state index < -0.39 is 0 Å². The first-order valence-corrected chi connectivity index (χ1v) is 18.9. The van der Waals surface area contributed by atoms with Crippen molar-refractivity contribution in [3.8, 4) is 45.5 Å². The van der Waals surface area contributed by atoms with Crippen molar-refractivity contribution in [1.29, 1.82) is 10.5 Å². The molecule has 6 aromatic carbocycles. The number of allylic oxidation sites excluding steroid dienone is 3. The lowest BCUT2D eigenvalue weighted by Crippen LogP contribution is -2.04. The minimum absolute atomic E-state index is 0.571. The quantitative estimate of drug-likeness (QED) is 0.0991. The van der Waals surface area contributed by atoms with E-state index in [4.69, 9.17) is 9.98 Å². The fourth-order valence-corrected chi connectivity index (χ4v) is 6.63. The van der Waals surface area contributed by atoms with Gasteiger partial charge >= 0.3 is 0 Å². The Bertz CT molecular complexity index is 2500. The number of nitriles is 2. The van der Waals surface area contributed by atoms with E-state index in [0.717, 1.165) is 80.7 Å². The Hall–Kier alpha value is -6.88. The van der Waals surface area contributed by atoms with E-state index in [9.17, 15) is 10.5 Å². The summed E-state index contributed by atoms with van der Waals surface area (Å²) in [6, 6.07) is 53.7. The van der Waals surface area contributed by atoms with Gasteiger partial charge in [0.05, 0.1) is 29.0 Å². The van der Waals surface area contributed by atoms with Crippen LogP contribution in [0, 0.1) is 22.7 Å².